The molecule has 2 heterocycles. The van der Waals surface area contributed by atoms with Gasteiger partial charge < -0.3 is 0 Å². The number of nitrogens with zero attached hydrogens (tertiary/aromatic N) is 2. The average Bonchev–Trinajstić information content (AvgIpc) is 2.22. The van der Waals surface area contributed by atoms with E-state index in [2.05, 4.69) is 25.9 Å². The van der Waals surface area contributed by atoms with E-state index in [4.69, 9.17) is 11.6 Å². The molecule has 76 valence electrons. The molecule has 0 saturated heterocycles. The van der Waals surface area contributed by atoms with Crippen molar-refractivity contribution in [3.05, 3.63) is 46.2 Å². The molecule has 2 rings (SSSR count). The van der Waals surface area contributed by atoms with Crippen molar-refractivity contribution in [2.24, 2.45) is 0 Å². The first-order valence-corrected chi connectivity index (χ1v) is 6.15. The molecular formula is C10H6BrClN2S. The molecule has 0 spiro atoms. The summed E-state index contributed by atoms with van der Waals surface area (Å²) in [7, 11) is 0. The van der Waals surface area contributed by atoms with E-state index in [0.29, 0.717) is 5.02 Å². The molecule has 0 atom stereocenters. The fourth-order valence-corrected chi connectivity index (χ4v) is 2.30. The molecule has 0 saturated carbocycles. The van der Waals surface area contributed by atoms with Crippen molar-refractivity contribution in [2.75, 3.05) is 0 Å². The molecule has 0 amide bonds. The fourth-order valence-electron chi connectivity index (χ4n) is 0.976. The molecule has 0 aliphatic rings. The van der Waals surface area contributed by atoms with Crippen molar-refractivity contribution in [3.63, 3.8) is 0 Å². The smallest absolute Gasteiger partial charge is 0.107 e. The minimum absolute atomic E-state index is 0.640. The third-order valence-electron chi connectivity index (χ3n) is 1.60. The highest BCUT2D eigenvalue weighted by atomic mass is 79.9. The minimum Gasteiger partial charge on any atom is -0.248 e. The second-order valence-electron chi connectivity index (χ2n) is 2.72. The number of hydrogen-bond acceptors (Lipinski definition) is 3. The highest BCUT2D eigenvalue weighted by molar-refractivity contribution is 9.10. The Morgan fingerprint density at radius 3 is 2.67 bits per heavy atom. The third-order valence-corrected chi connectivity index (χ3v) is 3.15. The summed E-state index contributed by atoms with van der Waals surface area (Å²) < 4.78 is 0.821. The second kappa shape index (κ2) is 4.96. The molecule has 0 N–H and O–H groups in total. The molecule has 0 aliphatic heterocycles. The van der Waals surface area contributed by atoms with Crippen LogP contribution in [0, 0.1) is 0 Å². The van der Waals surface area contributed by atoms with Crippen molar-refractivity contribution >= 4 is 39.3 Å². The fraction of sp³-hybridized carbons (Fsp3) is 0. The van der Waals surface area contributed by atoms with Gasteiger partial charge in [0.05, 0.1) is 5.02 Å². The summed E-state index contributed by atoms with van der Waals surface area (Å²) in [5.41, 5.74) is 0. The molecule has 2 aromatic rings. The van der Waals surface area contributed by atoms with Crippen LogP contribution in [0.4, 0.5) is 0 Å². The SMILES string of the molecule is Clc1ccc(Sc2cccc(Br)n2)nc1. The highest BCUT2D eigenvalue weighted by Crippen LogP contribution is 2.25. The van der Waals surface area contributed by atoms with Gasteiger partial charge >= 0.3 is 0 Å². The lowest BCUT2D eigenvalue weighted by atomic mass is 10.5. The quantitative estimate of drug-likeness (QED) is 0.783. The van der Waals surface area contributed by atoms with Crippen molar-refractivity contribution in [1.29, 1.82) is 0 Å². The van der Waals surface area contributed by atoms with Gasteiger partial charge in [-0.2, -0.15) is 0 Å². The van der Waals surface area contributed by atoms with Crippen molar-refractivity contribution in [2.45, 2.75) is 10.1 Å². The van der Waals surface area contributed by atoms with E-state index in [1.165, 1.54) is 11.8 Å². The van der Waals surface area contributed by atoms with Crippen LogP contribution in [-0.2, 0) is 0 Å². The zero-order valence-corrected chi connectivity index (χ0v) is 10.7. The van der Waals surface area contributed by atoms with Crippen LogP contribution in [0.3, 0.4) is 0 Å². The molecular weight excluding hydrogens is 296 g/mol. The first-order chi connectivity index (χ1) is 7.24. The van der Waals surface area contributed by atoms with Crippen molar-refractivity contribution in [3.8, 4) is 0 Å². The van der Waals surface area contributed by atoms with E-state index in [1.54, 1.807) is 6.20 Å². The van der Waals surface area contributed by atoms with Crippen LogP contribution in [0.1, 0.15) is 0 Å². The van der Waals surface area contributed by atoms with Crippen LogP contribution in [0.5, 0.6) is 0 Å². The molecule has 2 nitrogen and oxygen atoms in total. The Morgan fingerprint density at radius 2 is 2.00 bits per heavy atom. The van der Waals surface area contributed by atoms with Crippen LogP contribution in [0.15, 0.2) is 51.2 Å². The standard InChI is InChI=1S/C10H6BrClN2S/c11-8-2-1-3-10(14-8)15-9-5-4-7(12)6-13-9/h1-6H. The van der Waals surface area contributed by atoms with Gasteiger partial charge in [-0.15, -0.1) is 0 Å². The zero-order valence-electron chi connectivity index (χ0n) is 7.52. The Hall–Kier alpha value is -0.580. The number of hydrogen-bond donors (Lipinski definition) is 0. The van der Waals surface area contributed by atoms with Gasteiger partial charge in [-0.05, 0) is 40.2 Å². The summed E-state index contributed by atoms with van der Waals surface area (Å²) in [6.45, 7) is 0. The maximum absolute atomic E-state index is 5.74. The maximum atomic E-state index is 5.74. The average molecular weight is 302 g/mol. The molecule has 0 aliphatic carbocycles. The van der Waals surface area contributed by atoms with Gasteiger partial charge in [-0.3, -0.25) is 0 Å². The molecule has 5 heteroatoms. The minimum atomic E-state index is 0.640. The number of pyridine rings is 2. The Labute approximate surface area is 105 Å². The van der Waals surface area contributed by atoms with E-state index in [1.807, 2.05) is 30.3 Å². The highest BCUT2D eigenvalue weighted by Gasteiger charge is 2.00. The zero-order chi connectivity index (χ0) is 10.7. The molecule has 0 unspecified atom stereocenters. The predicted octanol–water partition coefficient (Wildman–Crippen LogP) is 4.04. The van der Waals surface area contributed by atoms with E-state index < -0.39 is 0 Å². The van der Waals surface area contributed by atoms with Crippen LogP contribution in [0.2, 0.25) is 5.02 Å². The lowest BCUT2D eigenvalue weighted by Gasteiger charge is -2.00. The number of rotatable bonds is 2. The van der Waals surface area contributed by atoms with Crippen LogP contribution in [-0.4, -0.2) is 9.97 Å². The topological polar surface area (TPSA) is 25.8 Å². The third kappa shape index (κ3) is 3.19. The Kier molecular flexibility index (Phi) is 3.61. The van der Waals surface area contributed by atoms with Crippen LogP contribution >= 0.6 is 39.3 Å². The van der Waals surface area contributed by atoms with E-state index in [-0.39, 0.29) is 0 Å². The van der Waals surface area contributed by atoms with E-state index >= 15 is 0 Å². The Morgan fingerprint density at radius 1 is 1.13 bits per heavy atom. The lowest BCUT2D eigenvalue weighted by molar-refractivity contribution is 1.08. The summed E-state index contributed by atoms with van der Waals surface area (Å²) >= 11 is 10.6. The van der Waals surface area contributed by atoms with Gasteiger partial charge in [-0.1, -0.05) is 29.4 Å². The Bertz CT molecular complexity index is 461. The monoisotopic (exact) mass is 300 g/mol. The molecule has 0 fully saturated rings. The van der Waals surface area contributed by atoms with E-state index in [0.717, 1.165) is 14.7 Å². The first kappa shape index (κ1) is 10.9. The number of halogens is 2. The molecule has 0 radical (unpaired) electrons. The van der Waals surface area contributed by atoms with Crippen molar-refractivity contribution in [1.82, 2.24) is 9.97 Å². The maximum Gasteiger partial charge on any atom is 0.107 e. The van der Waals surface area contributed by atoms with Crippen molar-refractivity contribution < 1.29 is 0 Å². The van der Waals surface area contributed by atoms with Gasteiger partial charge in [0.15, 0.2) is 0 Å². The van der Waals surface area contributed by atoms with Gasteiger partial charge in [0.1, 0.15) is 14.7 Å². The van der Waals surface area contributed by atoms with Gasteiger partial charge in [0.2, 0.25) is 0 Å². The Balaban J connectivity index is 2.18. The van der Waals surface area contributed by atoms with Gasteiger partial charge in [0, 0.05) is 6.20 Å². The summed E-state index contributed by atoms with van der Waals surface area (Å²) in [4.78, 5) is 8.48. The van der Waals surface area contributed by atoms with Crippen LogP contribution < -0.4 is 0 Å². The van der Waals surface area contributed by atoms with Gasteiger partial charge in [0.25, 0.3) is 0 Å². The van der Waals surface area contributed by atoms with Gasteiger partial charge in [-0.25, -0.2) is 9.97 Å². The molecule has 0 aromatic carbocycles. The first-order valence-electron chi connectivity index (χ1n) is 4.16. The molecule has 0 bridgehead atoms. The predicted molar refractivity (Wildman–Crippen MR) is 65.3 cm³/mol. The summed E-state index contributed by atoms with van der Waals surface area (Å²) in [5.74, 6) is 0. The molecule has 15 heavy (non-hydrogen) atoms. The largest absolute Gasteiger partial charge is 0.248 e. The number of aromatic nitrogens is 2. The second-order valence-corrected chi connectivity index (χ2v) is 5.00. The normalized spacial score (nSPS) is 10.3. The van der Waals surface area contributed by atoms with E-state index in [9.17, 15) is 0 Å². The molecule has 2 aromatic heterocycles. The lowest BCUT2D eigenvalue weighted by Crippen LogP contribution is -1.82. The summed E-state index contributed by atoms with van der Waals surface area (Å²) in [6.07, 6.45) is 1.63. The van der Waals surface area contributed by atoms with Crippen LogP contribution in [0.25, 0.3) is 0 Å². The summed E-state index contributed by atoms with van der Waals surface area (Å²) in [5, 5.41) is 2.42. The summed E-state index contributed by atoms with van der Waals surface area (Å²) in [6, 6.07) is 9.45.